The number of rotatable bonds is 9. The van der Waals surface area contributed by atoms with Crippen molar-refractivity contribution >= 4 is 11.0 Å². The normalized spacial score (nSPS) is 18.9. The molecule has 0 aliphatic rings. The zero-order valence-electron chi connectivity index (χ0n) is 15.0. The molecule has 0 heterocycles. The molecule has 2 atom stereocenters. The Balaban J connectivity index is 6.93. The van der Waals surface area contributed by atoms with Gasteiger partial charge in [0.25, 0.3) is 0 Å². The fourth-order valence-electron chi connectivity index (χ4n) is 1.57. The minimum absolute atomic E-state index is 4.01. The SMILES string of the molecule is O=S(N(F)C(O)(F)C(F)(F)F)C(F)(F)C(F)(F)C(F)(F)C(F)(F)C(F)(F)C(F)(F)C(F)(F)C(F)(F)F. The minimum atomic E-state index is -9.20. The number of hydrogen-bond donors (Lipinski definition) is 1. The summed E-state index contributed by atoms with van der Waals surface area (Å²) in [6, 6.07) is 0. The highest BCUT2D eigenvalue weighted by Gasteiger charge is 2.96. The van der Waals surface area contributed by atoms with Crippen molar-refractivity contribution in [3.8, 4) is 0 Å². The van der Waals surface area contributed by atoms with Gasteiger partial charge >= 0.3 is 59.1 Å². The van der Waals surface area contributed by atoms with Crippen molar-refractivity contribution in [1.29, 1.82) is 0 Å². The van der Waals surface area contributed by atoms with Crippen molar-refractivity contribution < 1.29 is 106 Å². The average Bonchev–Trinajstić information content (AvgIpc) is 2.63. The van der Waals surface area contributed by atoms with Gasteiger partial charge < -0.3 is 5.11 Å². The van der Waals surface area contributed by atoms with E-state index in [1.807, 2.05) is 0 Å². The van der Waals surface area contributed by atoms with E-state index in [0.29, 0.717) is 0 Å². The molecule has 0 saturated heterocycles. The van der Waals surface area contributed by atoms with Gasteiger partial charge in [0.2, 0.25) is 11.0 Å². The third-order valence-electron chi connectivity index (χ3n) is 3.65. The Hall–Kier alpha value is -1.47. The standard InChI is InChI=1S/C10HF22NO2S/c11-1(12,3(15,16)5(19,20)7(23,24)25)2(13,14)4(17,18)6(21,22)9(29,30)36(35)33(32)10(31,34)8(26,27)28/h34H. The number of halogens is 22. The summed E-state index contributed by atoms with van der Waals surface area (Å²) in [5.74, 6) is -60.9. The number of hydrogen-bond acceptors (Lipinski definition) is 2. The number of nitrogens with zero attached hydrogens (tertiary/aromatic N) is 1. The van der Waals surface area contributed by atoms with Gasteiger partial charge in [-0.05, 0) is 0 Å². The first-order chi connectivity index (χ1) is 15.1. The van der Waals surface area contributed by atoms with Crippen LogP contribution in [-0.2, 0) is 11.0 Å². The van der Waals surface area contributed by atoms with Crippen molar-refractivity contribution in [3.63, 3.8) is 0 Å². The topological polar surface area (TPSA) is 40.5 Å². The van der Waals surface area contributed by atoms with Crippen LogP contribution < -0.4 is 0 Å². The molecule has 0 aromatic rings. The van der Waals surface area contributed by atoms with Gasteiger partial charge in [0, 0.05) is 4.53 Å². The van der Waals surface area contributed by atoms with Crippen molar-refractivity contribution in [2.75, 3.05) is 0 Å². The van der Waals surface area contributed by atoms with E-state index in [9.17, 15) is 101 Å². The highest BCUT2D eigenvalue weighted by atomic mass is 32.2. The maximum absolute atomic E-state index is 13.4. The third-order valence-corrected chi connectivity index (χ3v) is 4.88. The molecule has 0 aliphatic heterocycles. The summed E-state index contributed by atoms with van der Waals surface area (Å²) in [6.07, 6.45) is -15.4. The molecule has 0 radical (unpaired) electrons. The molecule has 0 fully saturated rings. The van der Waals surface area contributed by atoms with Crippen molar-refractivity contribution in [2.45, 2.75) is 59.1 Å². The Morgan fingerprint density at radius 3 is 0.944 bits per heavy atom. The van der Waals surface area contributed by atoms with E-state index in [2.05, 4.69) is 0 Å². The molecule has 0 aromatic heterocycles. The molecule has 36 heavy (non-hydrogen) atoms. The van der Waals surface area contributed by atoms with Gasteiger partial charge in [-0.25, -0.2) is 4.21 Å². The Morgan fingerprint density at radius 2 is 0.694 bits per heavy atom. The van der Waals surface area contributed by atoms with E-state index in [-0.39, 0.29) is 0 Å². The van der Waals surface area contributed by atoms with E-state index in [4.69, 9.17) is 5.11 Å². The fourth-order valence-corrected chi connectivity index (χ4v) is 2.44. The van der Waals surface area contributed by atoms with Gasteiger partial charge in [0.05, 0.1) is 0 Å². The van der Waals surface area contributed by atoms with Gasteiger partial charge in [-0.15, -0.1) is 4.48 Å². The maximum atomic E-state index is 13.4. The first kappa shape index (κ1) is 34.5. The van der Waals surface area contributed by atoms with Crippen molar-refractivity contribution in [3.05, 3.63) is 0 Å². The summed E-state index contributed by atoms with van der Waals surface area (Å²) < 4.78 is 288. The van der Waals surface area contributed by atoms with Crippen LogP contribution in [0.2, 0.25) is 0 Å². The molecule has 0 rings (SSSR count). The summed E-state index contributed by atoms with van der Waals surface area (Å²) in [5, 5.41) is -0.353. The predicted molar refractivity (Wildman–Crippen MR) is 63.9 cm³/mol. The summed E-state index contributed by atoms with van der Waals surface area (Å²) in [7, 11) is -6.86. The Labute approximate surface area is 182 Å². The lowest BCUT2D eigenvalue weighted by Crippen LogP contribution is -2.75. The molecule has 26 heteroatoms. The van der Waals surface area contributed by atoms with Crippen LogP contribution in [0.4, 0.5) is 96.7 Å². The van der Waals surface area contributed by atoms with Gasteiger partial charge in [-0.3, -0.25) is 0 Å². The van der Waals surface area contributed by atoms with E-state index in [1.54, 1.807) is 0 Å². The van der Waals surface area contributed by atoms with Crippen molar-refractivity contribution in [1.82, 2.24) is 4.53 Å². The molecular weight excluding hydrogens is 616 g/mol. The summed E-state index contributed by atoms with van der Waals surface area (Å²) in [4.78, 5) is 0. The molecule has 0 aromatic carbocycles. The first-order valence-electron chi connectivity index (χ1n) is 7.14. The average molecular weight is 617 g/mol. The summed E-state index contributed by atoms with van der Waals surface area (Å²) in [5.41, 5.74) is 0. The van der Waals surface area contributed by atoms with Crippen LogP contribution in [0.15, 0.2) is 0 Å². The van der Waals surface area contributed by atoms with Gasteiger partial charge in [0.1, 0.15) is 0 Å². The molecule has 218 valence electrons. The quantitative estimate of drug-likeness (QED) is 0.150. The molecular formula is C10HF22NO2S. The summed E-state index contributed by atoms with van der Waals surface area (Å²) in [6.45, 7) is 0. The van der Waals surface area contributed by atoms with E-state index >= 15 is 0 Å². The second-order valence-electron chi connectivity index (χ2n) is 6.04. The highest BCUT2D eigenvalue weighted by Crippen LogP contribution is 2.64. The predicted octanol–water partition coefficient (Wildman–Crippen LogP) is 5.98. The fraction of sp³-hybridized carbons (Fsp3) is 1.00. The molecule has 0 spiro atoms. The van der Waals surface area contributed by atoms with Crippen LogP contribution in [0.5, 0.6) is 0 Å². The molecule has 3 nitrogen and oxygen atoms in total. The number of alkyl halides is 21. The minimum Gasteiger partial charge on any atom is -0.340 e. The lowest BCUT2D eigenvalue weighted by molar-refractivity contribution is -0.458. The van der Waals surface area contributed by atoms with Crippen molar-refractivity contribution in [2.24, 2.45) is 0 Å². The molecule has 0 aliphatic carbocycles. The Kier molecular flexibility index (Phi) is 8.17. The second-order valence-corrected chi connectivity index (χ2v) is 7.37. The van der Waals surface area contributed by atoms with Crippen LogP contribution in [0.25, 0.3) is 0 Å². The zero-order valence-corrected chi connectivity index (χ0v) is 15.8. The van der Waals surface area contributed by atoms with E-state index in [0.717, 1.165) is 0 Å². The lowest BCUT2D eigenvalue weighted by atomic mass is 9.91. The molecule has 0 bridgehead atoms. The van der Waals surface area contributed by atoms with Crippen LogP contribution >= 0.6 is 0 Å². The Bertz CT molecular complexity index is 841. The summed E-state index contributed by atoms with van der Waals surface area (Å²) >= 11 is 0. The first-order valence-corrected chi connectivity index (χ1v) is 8.24. The number of aliphatic hydroxyl groups is 1. The van der Waals surface area contributed by atoms with E-state index in [1.165, 1.54) is 0 Å². The molecule has 0 saturated carbocycles. The largest absolute Gasteiger partial charge is 0.467 e. The van der Waals surface area contributed by atoms with Crippen LogP contribution in [0.1, 0.15) is 0 Å². The highest BCUT2D eigenvalue weighted by molar-refractivity contribution is 7.83. The Morgan fingerprint density at radius 1 is 0.444 bits per heavy atom. The maximum Gasteiger partial charge on any atom is 0.467 e. The molecule has 0 amide bonds. The van der Waals surface area contributed by atoms with E-state index < -0.39 is 74.6 Å². The molecule has 2 unspecified atom stereocenters. The van der Waals surface area contributed by atoms with Gasteiger partial charge in [0.15, 0.2) is 0 Å². The van der Waals surface area contributed by atoms with Crippen LogP contribution in [0, 0.1) is 0 Å². The third kappa shape index (κ3) is 4.32. The molecule has 1 N–H and O–H groups in total. The lowest BCUT2D eigenvalue weighted by Gasteiger charge is -2.42. The van der Waals surface area contributed by atoms with Crippen LogP contribution in [0.3, 0.4) is 0 Å². The zero-order chi connectivity index (χ0) is 30.2. The van der Waals surface area contributed by atoms with Gasteiger partial charge in [-0.2, -0.15) is 92.2 Å². The van der Waals surface area contributed by atoms with Gasteiger partial charge in [-0.1, -0.05) is 0 Å². The monoisotopic (exact) mass is 617 g/mol. The van der Waals surface area contributed by atoms with Crippen LogP contribution in [-0.4, -0.2) is 73.0 Å². The second kappa shape index (κ2) is 8.52. The smallest absolute Gasteiger partial charge is 0.340 e.